The molecule has 2 aromatic carbocycles. The number of anilines is 4. The smallest absolute Gasteiger partial charge is 0.265 e. The maximum Gasteiger partial charge on any atom is 0.265 e. The van der Waals surface area contributed by atoms with Crippen molar-refractivity contribution in [3.63, 3.8) is 0 Å². The number of benzene rings is 2. The van der Waals surface area contributed by atoms with E-state index in [1.54, 1.807) is 18.3 Å². The van der Waals surface area contributed by atoms with Gasteiger partial charge in [-0.3, -0.25) is 9.78 Å². The Morgan fingerprint density at radius 3 is 2.44 bits per heavy atom. The summed E-state index contributed by atoms with van der Waals surface area (Å²) in [6.07, 6.45) is 4.37. The Labute approximate surface area is 195 Å². The molecule has 4 rings (SSSR count). The molecule has 0 radical (unpaired) electrons. The second kappa shape index (κ2) is 9.93. The molecule has 2 heterocycles. The Bertz CT molecular complexity index is 1380. The molecule has 9 heteroatoms. The van der Waals surface area contributed by atoms with Crippen molar-refractivity contribution in [3.05, 3.63) is 91.5 Å². The number of nitrogen functional groups attached to an aromatic ring is 1. The molecule has 0 atom stereocenters. The number of carbonyl (C=O) groups is 1. The van der Waals surface area contributed by atoms with Crippen LogP contribution in [-0.4, -0.2) is 20.9 Å². The fourth-order valence-electron chi connectivity index (χ4n) is 3.06. The second-order valence-corrected chi connectivity index (χ2v) is 7.05. The number of pyridine rings is 1. The Balaban J connectivity index is 1.57. The first kappa shape index (κ1) is 22.0. The monoisotopic (exact) mass is 449 g/mol. The van der Waals surface area contributed by atoms with E-state index in [4.69, 9.17) is 15.7 Å². The largest absolute Gasteiger partial charge is 0.457 e. The predicted octanol–water partition coefficient (Wildman–Crippen LogP) is 4.67. The number of amides is 1. The van der Waals surface area contributed by atoms with Gasteiger partial charge in [0.15, 0.2) is 0 Å². The summed E-state index contributed by atoms with van der Waals surface area (Å²) in [5.74, 6) is 1.54. The minimum Gasteiger partial charge on any atom is -0.457 e. The van der Waals surface area contributed by atoms with E-state index in [0.717, 1.165) is 11.3 Å². The summed E-state index contributed by atoms with van der Waals surface area (Å²) < 4.78 is 5.85. The number of nitrogens with zero attached hydrogens (tertiary/aromatic N) is 4. The number of carbonyl (C=O) groups excluding carboxylic acids is 1. The number of nitrogens with two attached hydrogens (primary N) is 1. The van der Waals surface area contributed by atoms with Crippen molar-refractivity contribution in [1.82, 2.24) is 15.0 Å². The zero-order valence-electron chi connectivity index (χ0n) is 17.9. The van der Waals surface area contributed by atoms with Crippen LogP contribution < -0.4 is 21.1 Å². The molecule has 0 aliphatic heterocycles. The van der Waals surface area contributed by atoms with Crippen LogP contribution in [0.2, 0.25) is 0 Å². The quantitative estimate of drug-likeness (QED) is 0.273. The van der Waals surface area contributed by atoms with Gasteiger partial charge in [-0.1, -0.05) is 36.9 Å². The Morgan fingerprint density at radius 2 is 1.71 bits per heavy atom. The highest BCUT2D eigenvalue weighted by atomic mass is 16.5. The lowest BCUT2D eigenvalue weighted by molar-refractivity contribution is -0.112. The van der Waals surface area contributed by atoms with E-state index in [9.17, 15) is 4.79 Å². The minimum atomic E-state index is -0.605. The van der Waals surface area contributed by atoms with E-state index in [1.165, 1.54) is 12.5 Å². The molecule has 34 heavy (non-hydrogen) atoms. The molecule has 166 valence electrons. The van der Waals surface area contributed by atoms with Gasteiger partial charge in [0.25, 0.3) is 5.91 Å². The fourth-order valence-corrected chi connectivity index (χ4v) is 3.06. The molecule has 0 saturated heterocycles. The minimum absolute atomic E-state index is 0.205. The second-order valence-electron chi connectivity index (χ2n) is 7.05. The van der Waals surface area contributed by atoms with E-state index in [0.29, 0.717) is 28.5 Å². The molecule has 0 aliphatic rings. The number of rotatable bonds is 7. The summed E-state index contributed by atoms with van der Waals surface area (Å²) in [4.78, 5) is 24.5. The summed E-state index contributed by atoms with van der Waals surface area (Å²) in [5.41, 5.74) is 8.28. The van der Waals surface area contributed by atoms with Crippen LogP contribution in [0.15, 0.2) is 91.5 Å². The maximum atomic E-state index is 11.9. The number of nitrogens with one attached hydrogen (secondary N) is 2. The van der Waals surface area contributed by atoms with Gasteiger partial charge in [0.05, 0.1) is 29.3 Å². The van der Waals surface area contributed by atoms with Gasteiger partial charge in [0.2, 0.25) is 0 Å². The van der Waals surface area contributed by atoms with Gasteiger partial charge in [0, 0.05) is 0 Å². The summed E-state index contributed by atoms with van der Waals surface area (Å²) in [5, 5.41) is 14.5. The first-order valence-corrected chi connectivity index (χ1v) is 10.1. The van der Waals surface area contributed by atoms with E-state index in [2.05, 4.69) is 32.2 Å². The molecule has 0 bridgehead atoms. The molecular formula is C25H19N7O2. The lowest BCUT2D eigenvalue weighted by Gasteiger charge is -2.14. The average molecular weight is 449 g/mol. The van der Waals surface area contributed by atoms with Gasteiger partial charge in [0.1, 0.15) is 41.1 Å². The molecule has 0 aliphatic carbocycles. The van der Waals surface area contributed by atoms with Crippen LogP contribution in [0.25, 0.3) is 11.1 Å². The van der Waals surface area contributed by atoms with Crippen molar-refractivity contribution in [2.75, 3.05) is 16.4 Å². The van der Waals surface area contributed by atoms with Crippen LogP contribution in [0.3, 0.4) is 0 Å². The van der Waals surface area contributed by atoms with Gasteiger partial charge in [-0.2, -0.15) is 5.26 Å². The lowest BCUT2D eigenvalue weighted by atomic mass is 10.1. The van der Waals surface area contributed by atoms with Crippen LogP contribution in [0.4, 0.5) is 23.0 Å². The SMILES string of the molecule is C=C(C#N)C(=O)Nc1cncc(Nc2ncnc(N)c2-c2ccc(Oc3ccccc3)cc2)c1. The van der Waals surface area contributed by atoms with Crippen LogP contribution in [0.5, 0.6) is 11.5 Å². The number of aromatic nitrogens is 3. The molecule has 0 spiro atoms. The molecular weight excluding hydrogens is 430 g/mol. The number of para-hydroxylation sites is 1. The summed E-state index contributed by atoms with van der Waals surface area (Å²) >= 11 is 0. The third kappa shape index (κ3) is 5.15. The number of nitriles is 1. The normalized spacial score (nSPS) is 10.1. The highest BCUT2D eigenvalue weighted by molar-refractivity contribution is 6.06. The highest BCUT2D eigenvalue weighted by Crippen LogP contribution is 2.34. The van der Waals surface area contributed by atoms with Crippen molar-refractivity contribution in [2.45, 2.75) is 0 Å². The van der Waals surface area contributed by atoms with Crippen molar-refractivity contribution in [3.8, 4) is 28.7 Å². The molecule has 0 saturated carbocycles. The Hall–Kier alpha value is -5.23. The molecule has 2 aromatic heterocycles. The van der Waals surface area contributed by atoms with Crippen LogP contribution >= 0.6 is 0 Å². The van der Waals surface area contributed by atoms with Gasteiger partial charge in [-0.05, 0) is 35.9 Å². The molecule has 4 N–H and O–H groups in total. The van der Waals surface area contributed by atoms with E-state index in [1.807, 2.05) is 54.6 Å². The molecule has 9 nitrogen and oxygen atoms in total. The molecule has 0 unspecified atom stereocenters. The lowest BCUT2D eigenvalue weighted by Crippen LogP contribution is -2.13. The van der Waals surface area contributed by atoms with Crippen molar-refractivity contribution in [1.29, 1.82) is 5.26 Å². The van der Waals surface area contributed by atoms with E-state index in [-0.39, 0.29) is 11.4 Å². The standard InChI is InChI=1S/C25H19N7O2/c1-16(12-26)25(33)32-19-11-18(13-28-14-19)31-24-22(23(27)29-15-30-24)17-7-9-21(10-8-17)34-20-5-3-2-4-6-20/h2-11,13-15H,1H2,(H,32,33)(H3,27,29,30,31). The van der Waals surface area contributed by atoms with Crippen LogP contribution in [0, 0.1) is 11.3 Å². The first-order valence-electron chi connectivity index (χ1n) is 10.1. The first-order chi connectivity index (χ1) is 16.5. The number of hydrogen-bond donors (Lipinski definition) is 3. The summed E-state index contributed by atoms with van der Waals surface area (Å²) in [6, 6.07) is 20.2. The van der Waals surface area contributed by atoms with E-state index < -0.39 is 5.91 Å². The average Bonchev–Trinajstić information content (AvgIpc) is 2.85. The topological polar surface area (TPSA) is 139 Å². The predicted molar refractivity (Wildman–Crippen MR) is 129 cm³/mol. The van der Waals surface area contributed by atoms with Gasteiger partial charge in [-0.25, -0.2) is 9.97 Å². The molecule has 0 fully saturated rings. The third-order valence-corrected chi connectivity index (χ3v) is 4.67. The fraction of sp³-hybridized carbons (Fsp3) is 0. The van der Waals surface area contributed by atoms with Gasteiger partial charge in [-0.15, -0.1) is 0 Å². The Morgan fingerprint density at radius 1 is 1.00 bits per heavy atom. The highest BCUT2D eigenvalue weighted by Gasteiger charge is 2.14. The third-order valence-electron chi connectivity index (χ3n) is 4.67. The summed E-state index contributed by atoms with van der Waals surface area (Å²) in [7, 11) is 0. The van der Waals surface area contributed by atoms with Gasteiger partial charge < -0.3 is 21.1 Å². The zero-order valence-corrected chi connectivity index (χ0v) is 17.9. The number of ether oxygens (including phenoxy) is 1. The zero-order chi connectivity index (χ0) is 23.9. The van der Waals surface area contributed by atoms with Crippen LogP contribution in [-0.2, 0) is 4.79 Å². The number of hydrogen-bond acceptors (Lipinski definition) is 8. The van der Waals surface area contributed by atoms with Gasteiger partial charge >= 0.3 is 0 Å². The van der Waals surface area contributed by atoms with Crippen molar-refractivity contribution >= 4 is 28.9 Å². The maximum absolute atomic E-state index is 11.9. The molecule has 1 amide bonds. The van der Waals surface area contributed by atoms with Crippen molar-refractivity contribution in [2.24, 2.45) is 0 Å². The van der Waals surface area contributed by atoms with Crippen molar-refractivity contribution < 1.29 is 9.53 Å². The molecule has 4 aromatic rings. The van der Waals surface area contributed by atoms with Crippen LogP contribution in [0.1, 0.15) is 0 Å². The van der Waals surface area contributed by atoms with E-state index >= 15 is 0 Å². The Kier molecular flexibility index (Phi) is 6.42. The summed E-state index contributed by atoms with van der Waals surface area (Å²) in [6.45, 7) is 3.39.